The maximum atomic E-state index is 12.2. The van der Waals surface area contributed by atoms with Crippen LogP contribution in [0.1, 0.15) is 17.0 Å². The van der Waals surface area contributed by atoms with Crippen LogP contribution in [-0.4, -0.2) is 27.7 Å². The second-order valence-electron chi connectivity index (χ2n) is 5.14. The number of nitro benzene ring substituents is 1. The van der Waals surface area contributed by atoms with Crippen LogP contribution in [-0.2, 0) is 18.3 Å². The Kier molecular flexibility index (Phi) is 4.63. The van der Waals surface area contributed by atoms with Crippen molar-refractivity contribution in [3.63, 3.8) is 0 Å². The van der Waals surface area contributed by atoms with E-state index >= 15 is 0 Å². The van der Waals surface area contributed by atoms with Crippen LogP contribution in [0.15, 0.2) is 18.2 Å². The van der Waals surface area contributed by atoms with Gasteiger partial charge in [0.25, 0.3) is 0 Å². The van der Waals surface area contributed by atoms with Gasteiger partial charge in [0.05, 0.1) is 24.1 Å². The predicted octanol–water partition coefficient (Wildman–Crippen LogP) is 2.13. The second-order valence-corrected chi connectivity index (χ2v) is 5.14. The van der Waals surface area contributed by atoms with Gasteiger partial charge < -0.3 is 10.1 Å². The number of carbonyl (C=O) groups excluding carboxylic acids is 1. The monoisotopic (exact) mass is 318 g/mol. The Labute approximate surface area is 133 Å². The highest BCUT2D eigenvalue weighted by molar-refractivity contribution is 5.93. The smallest absolute Gasteiger partial charge is 0.312 e. The molecule has 8 nitrogen and oxygen atoms in total. The van der Waals surface area contributed by atoms with E-state index in [1.165, 1.54) is 19.2 Å². The van der Waals surface area contributed by atoms with Crippen molar-refractivity contribution in [1.82, 2.24) is 9.78 Å². The standard InChI is InChI=1S/C15H18N4O4/c1-9-12(10(2)18(3)17-9)8-15(20)16-11-5-6-14(23-4)13(7-11)19(21)22/h5-7H,8H2,1-4H3,(H,16,20). The minimum Gasteiger partial charge on any atom is -0.490 e. The summed E-state index contributed by atoms with van der Waals surface area (Å²) in [6.07, 6.45) is 0.158. The molecule has 1 amide bonds. The quantitative estimate of drug-likeness (QED) is 0.672. The van der Waals surface area contributed by atoms with Crippen molar-refractivity contribution >= 4 is 17.3 Å². The number of nitrogens with one attached hydrogen (secondary N) is 1. The zero-order chi connectivity index (χ0) is 17.1. The predicted molar refractivity (Wildman–Crippen MR) is 84.7 cm³/mol. The lowest BCUT2D eigenvalue weighted by Crippen LogP contribution is -2.15. The number of nitro groups is 1. The van der Waals surface area contributed by atoms with Crippen molar-refractivity contribution in [2.24, 2.45) is 7.05 Å². The molecule has 0 unspecified atom stereocenters. The van der Waals surface area contributed by atoms with Crippen LogP contribution < -0.4 is 10.1 Å². The molecule has 1 aromatic heterocycles. The average molecular weight is 318 g/mol. The third-order valence-corrected chi connectivity index (χ3v) is 3.66. The summed E-state index contributed by atoms with van der Waals surface area (Å²) in [5.74, 6) is -0.115. The van der Waals surface area contributed by atoms with Crippen molar-refractivity contribution in [2.75, 3.05) is 12.4 Å². The molecule has 2 rings (SSSR count). The van der Waals surface area contributed by atoms with Gasteiger partial charge in [-0.05, 0) is 26.0 Å². The minimum absolute atomic E-state index is 0.145. The van der Waals surface area contributed by atoms with Crippen LogP contribution in [0.25, 0.3) is 0 Å². The molecular weight excluding hydrogens is 300 g/mol. The van der Waals surface area contributed by atoms with E-state index in [-0.39, 0.29) is 23.8 Å². The van der Waals surface area contributed by atoms with Crippen LogP contribution in [0.2, 0.25) is 0 Å². The zero-order valence-electron chi connectivity index (χ0n) is 13.4. The molecule has 0 saturated heterocycles. The number of rotatable bonds is 5. The summed E-state index contributed by atoms with van der Waals surface area (Å²) >= 11 is 0. The molecule has 0 saturated carbocycles. The summed E-state index contributed by atoms with van der Waals surface area (Å²) < 4.78 is 6.65. The van der Waals surface area contributed by atoms with Gasteiger partial charge in [0.1, 0.15) is 0 Å². The molecule has 0 spiro atoms. The Morgan fingerprint density at radius 3 is 2.65 bits per heavy atom. The maximum absolute atomic E-state index is 12.2. The van der Waals surface area contributed by atoms with Crippen LogP contribution in [0.3, 0.4) is 0 Å². The number of methoxy groups -OCH3 is 1. The molecule has 0 aliphatic carbocycles. The first-order valence-corrected chi connectivity index (χ1v) is 6.94. The van der Waals surface area contributed by atoms with Crippen LogP contribution >= 0.6 is 0 Å². The Bertz CT molecular complexity index is 767. The number of anilines is 1. The summed E-state index contributed by atoms with van der Waals surface area (Å²) in [5.41, 5.74) is 2.72. The zero-order valence-corrected chi connectivity index (χ0v) is 13.4. The largest absolute Gasteiger partial charge is 0.490 e. The second kappa shape index (κ2) is 6.47. The lowest BCUT2D eigenvalue weighted by Gasteiger charge is -2.07. The number of benzene rings is 1. The van der Waals surface area contributed by atoms with Crippen LogP contribution in [0.4, 0.5) is 11.4 Å². The van der Waals surface area contributed by atoms with Gasteiger partial charge in [0.15, 0.2) is 5.75 Å². The molecule has 0 fully saturated rings. The Morgan fingerprint density at radius 1 is 1.43 bits per heavy atom. The molecule has 0 aliphatic rings. The number of hydrogen-bond donors (Lipinski definition) is 1. The highest BCUT2D eigenvalue weighted by atomic mass is 16.6. The third-order valence-electron chi connectivity index (χ3n) is 3.66. The van der Waals surface area contributed by atoms with Gasteiger partial charge in [-0.2, -0.15) is 5.10 Å². The Morgan fingerprint density at radius 2 is 2.13 bits per heavy atom. The van der Waals surface area contributed by atoms with Crippen molar-refractivity contribution in [2.45, 2.75) is 20.3 Å². The number of aromatic nitrogens is 2. The SMILES string of the molecule is COc1ccc(NC(=O)Cc2c(C)nn(C)c2C)cc1[N+](=O)[O-]. The van der Waals surface area contributed by atoms with Gasteiger partial charge in [0, 0.05) is 30.1 Å². The van der Waals surface area contributed by atoms with Gasteiger partial charge in [-0.3, -0.25) is 19.6 Å². The number of amides is 1. The van der Waals surface area contributed by atoms with Crippen molar-refractivity contribution < 1.29 is 14.5 Å². The van der Waals surface area contributed by atoms with Gasteiger partial charge >= 0.3 is 5.69 Å². The summed E-state index contributed by atoms with van der Waals surface area (Å²) in [4.78, 5) is 22.6. The molecule has 0 radical (unpaired) electrons. The first-order chi connectivity index (χ1) is 10.8. The molecule has 122 valence electrons. The lowest BCUT2D eigenvalue weighted by atomic mass is 10.1. The first-order valence-electron chi connectivity index (χ1n) is 6.94. The van der Waals surface area contributed by atoms with E-state index in [0.29, 0.717) is 5.69 Å². The Hall–Kier alpha value is -2.90. The normalized spacial score (nSPS) is 10.4. The van der Waals surface area contributed by atoms with Gasteiger partial charge in [-0.15, -0.1) is 0 Å². The van der Waals surface area contributed by atoms with E-state index < -0.39 is 4.92 Å². The molecule has 8 heteroatoms. The van der Waals surface area contributed by atoms with Crippen molar-refractivity contribution in [3.05, 3.63) is 45.3 Å². The molecule has 2 aromatic rings. The molecule has 23 heavy (non-hydrogen) atoms. The van der Waals surface area contributed by atoms with Crippen LogP contribution in [0, 0.1) is 24.0 Å². The molecule has 1 aromatic carbocycles. The first kappa shape index (κ1) is 16.5. The van der Waals surface area contributed by atoms with Crippen molar-refractivity contribution in [3.8, 4) is 5.75 Å². The van der Waals surface area contributed by atoms with Crippen LogP contribution in [0.5, 0.6) is 5.75 Å². The van der Waals surface area contributed by atoms with E-state index in [4.69, 9.17) is 4.74 Å². The van der Waals surface area contributed by atoms with E-state index in [1.807, 2.05) is 20.9 Å². The lowest BCUT2D eigenvalue weighted by molar-refractivity contribution is -0.385. The fourth-order valence-corrected chi connectivity index (χ4v) is 2.35. The average Bonchev–Trinajstić information content (AvgIpc) is 2.73. The highest BCUT2D eigenvalue weighted by Gasteiger charge is 2.17. The molecule has 0 atom stereocenters. The maximum Gasteiger partial charge on any atom is 0.312 e. The fourth-order valence-electron chi connectivity index (χ4n) is 2.35. The summed E-state index contributed by atoms with van der Waals surface area (Å²) in [6.45, 7) is 3.73. The summed E-state index contributed by atoms with van der Waals surface area (Å²) in [5, 5.41) is 17.9. The number of carbonyl (C=O) groups is 1. The number of nitrogens with zero attached hydrogens (tertiary/aromatic N) is 3. The third kappa shape index (κ3) is 3.47. The van der Waals surface area contributed by atoms with Gasteiger partial charge in [-0.1, -0.05) is 0 Å². The Balaban J connectivity index is 2.17. The topological polar surface area (TPSA) is 99.3 Å². The molecular formula is C15H18N4O4. The summed E-state index contributed by atoms with van der Waals surface area (Å²) in [6, 6.07) is 4.29. The molecule has 0 bridgehead atoms. The minimum atomic E-state index is -0.552. The molecule has 0 aliphatic heterocycles. The number of hydrogen-bond acceptors (Lipinski definition) is 5. The number of ether oxygens (including phenoxy) is 1. The van der Waals surface area contributed by atoms with E-state index in [0.717, 1.165) is 17.0 Å². The van der Waals surface area contributed by atoms with Gasteiger partial charge in [-0.25, -0.2) is 0 Å². The molecule has 1 heterocycles. The summed E-state index contributed by atoms with van der Waals surface area (Å²) in [7, 11) is 3.17. The molecule has 1 N–H and O–H groups in total. The van der Waals surface area contributed by atoms with Gasteiger partial charge in [0.2, 0.25) is 5.91 Å². The highest BCUT2D eigenvalue weighted by Crippen LogP contribution is 2.29. The number of aryl methyl sites for hydroxylation is 2. The fraction of sp³-hybridized carbons (Fsp3) is 0.333. The van der Waals surface area contributed by atoms with E-state index in [9.17, 15) is 14.9 Å². The van der Waals surface area contributed by atoms with Crippen molar-refractivity contribution in [1.29, 1.82) is 0 Å². The van der Waals surface area contributed by atoms with E-state index in [2.05, 4.69) is 10.4 Å². The van der Waals surface area contributed by atoms with E-state index in [1.54, 1.807) is 10.7 Å².